The molecule has 2 amide bonds. The van der Waals surface area contributed by atoms with E-state index in [9.17, 15) is 9.59 Å². The number of nitrogens with zero attached hydrogens (tertiary/aromatic N) is 1. The molecule has 1 aromatic heterocycles. The summed E-state index contributed by atoms with van der Waals surface area (Å²) in [5.74, 6) is 0.387. The maximum Gasteiger partial charge on any atom is 0.341 e. The van der Waals surface area contributed by atoms with E-state index in [1.54, 1.807) is 6.92 Å². The quantitative estimate of drug-likeness (QED) is 0.417. The molecular formula is C20H23N3O4S. The predicted molar refractivity (Wildman–Crippen MR) is 110 cm³/mol. The molecule has 0 aliphatic heterocycles. The fraction of sp³-hybridized carbons (Fsp3) is 0.350. The normalized spacial score (nSPS) is 12.6. The van der Waals surface area contributed by atoms with Gasteiger partial charge in [-0.25, -0.2) is 15.0 Å². The van der Waals surface area contributed by atoms with E-state index in [0.29, 0.717) is 23.8 Å². The first-order valence-corrected chi connectivity index (χ1v) is 10.1. The van der Waals surface area contributed by atoms with Crippen LogP contribution in [0.25, 0.3) is 0 Å². The molecule has 8 heteroatoms. The van der Waals surface area contributed by atoms with Gasteiger partial charge in [0.25, 0.3) is 0 Å². The number of nitrogens with one attached hydrogen (secondary N) is 2. The number of carbonyl (C=O) groups is 2. The molecule has 1 aliphatic rings. The molecule has 0 radical (unpaired) electrons. The molecule has 7 nitrogen and oxygen atoms in total. The molecule has 0 fully saturated rings. The maximum atomic E-state index is 12.3. The van der Waals surface area contributed by atoms with Crippen LogP contribution in [0.15, 0.2) is 29.4 Å². The van der Waals surface area contributed by atoms with Crippen LogP contribution >= 0.6 is 11.3 Å². The van der Waals surface area contributed by atoms with Gasteiger partial charge in [0.2, 0.25) is 0 Å². The summed E-state index contributed by atoms with van der Waals surface area (Å²) in [7, 11) is 0. The molecule has 0 spiro atoms. The van der Waals surface area contributed by atoms with Crippen LogP contribution in [-0.4, -0.2) is 31.4 Å². The number of hydrogen-bond acceptors (Lipinski definition) is 6. The van der Waals surface area contributed by atoms with E-state index in [1.165, 1.54) is 17.6 Å². The van der Waals surface area contributed by atoms with Crippen molar-refractivity contribution in [3.63, 3.8) is 0 Å². The van der Waals surface area contributed by atoms with Crippen LogP contribution in [0.5, 0.6) is 5.75 Å². The van der Waals surface area contributed by atoms with E-state index < -0.39 is 12.0 Å². The molecule has 1 aliphatic carbocycles. The zero-order valence-corrected chi connectivity index (χ0v) is 16.7. The van der Waals surface area contributed by atoms with Gasteiger partial charge in [0, 0.05) is 4.88 Å². The lowest BCUT2D eigenvalue weighted by molar-refractivity contribution is 0.0527. The third-order valence-electron chi connectivity index (χ3n) is 4.20. The number of thiophene rings is 1. The Hall–Kier alpha value is -2.87. The van der Waals surface area contributed by atoms with Gasteiger partial charge in [-0.15, -0.1) is 11.3 Å². The summed E-state index contributed by atoms with van der Waals surface area (Å²) in [6.45, 7) is 4.59. The second-order valence-electron chi connectivity index (χ2n) is 6.11. The van der Waals surface area contributed by atoms with Crippen LogP contribution in [0.1, 0.15) is 46.6 Å². The molecule has 0 saturated heterocycles. The molecule has 0 saturated carbocycles. The highest BCUT2D eigenvalue weighted by atomic mass is 32.1. The smallest absolute Gasteiger partial charge is 0.341 e. The summed E-state index contributed by atoms with van der Waals surface area (Å²) >= 11 is 1.43. The van der Waals surface area contributed by atoms with Crippen molar-refractivity contribution in [2.24, 2.45) is 5.10 Å². The fourth-order valence-electron chi connectivity index (χ4n) is 3.02. The zero-order valence-electron chi connectivity index (χ0n) is 15.9. The number of rotatable bonds is 7. The van der Waals surface area contributed by atoms with Crippen molar-refractivity contribution in [2.75, 3.05) is 18.5 Å². The Morgan fingerprint density at radius 3 is 2.68 bits per heavy atom. The molecule has 28 heavy (non-hydrogen) atoms. The standard InChI is InChI=1S/C20H23N3O4S/c1-3-26-14-10-8-13(9-11-14)12-21-23-20(25)22-18-17(19(24)27-4-2)15-6-5-7-16(15)28-18/h8-12H,3-7H2,1-2H3,(H2,22,23,25). The summed E-state index contributed by atoms with van der Waals surface area (Å²) in [4.78, 5) is 25.6. The molecular weight excluding hydrogens is 378 g/mol. The van der Waals surface area contributed by atoms with Gasteiger partial charge in [-0.05, 0) is 68.5 Å². The van der Waals surface area contributed by atoms with Gasteiger partial charge >= 0.3 is 12.0 Å². The van der Waals surface area contributed by atoms with Crippen molar-refractivity contribution in [2.45, 2.75) is 33.1 Å². The number of hydrazone groups is 1. The largest absolute Gasteiger partial charge is 0.494 e. The van der Waals surface area contributed by atoms with Crippen LogP contribution in [0.2, 0.25) is 0 Å². The van der Waals surface area contributed by atoms with Crippen LogP contribution in [0.4, 0.5) is 9.80 Å². The van der Waals surface area contributed by atoms with Crippen molar-refractivity contribution in [1.29, 1.82) is 0 Å². The van der Waals surface area contributed by atoms with E-state index in [1.807, 2.05) is 31.2 Å². The van der Waals surface area contributed by atoms with Gasteiger partial charge in [-0.1, -0.05) is 0 Å². The number of amides is 2. The van der Waals surface area contributed by atoms with Gasteiger partial charge < -0.3 is 9.47 Å². The number of aryl methyl sites for hydroxylation is 1. The molecule has 3 rings (SSSR count). The predicted octanol–water partition coefficient (Wildman–Crippen LogP) is 3.97. The number of esters is 1. The van der Waals surface area contributed by atoms with Gasteiger partial charge in [-0.3, -0.25) is 5.32 Å². The van der Waals surface area contributed by atoms with E-state index in [-0.39, 0.29) is 0 Å². The third kappa shape index (κ3) is 4.69. The number of hydrogen-bond donors (Lipinski definition) is 2. The minimum atomic E-state index is -0.507. The van der Waals surface area contributed by atoms with Crippen LogP contribution in [-0.2, 0) is 17.6 Å². The highest BCUT2D eigenvalue weighted by molar-refractivity contribution is 7.17. The summed E-state index contributed by atoms with van der Waals surface area (Å²) in [6.07, 6.45) is 4.31. The van der Waals surface area contributed by atoms with E-state index in [2.05, 4.69) is 15.8 Å². The van der Waals surface area contributed by atoms with Crippen molar-refractivity contribution < 1.29 is 19.1 Å². The van der Waals surface area contributed by atoms with Gasteiger partial charge in [-0.2, -0.15) is 5.10 Å². The lowest BCUT2D eigenvalue weighted by Crippen LogP contribution is -2.25. The second-order valence-corrected chi connectivity index (χ2v) is 7.21. The molecule has 0 atom stereocenters. The van der Waals surface area contributed by atoms with E-state index in [0.717, 1.165) is 41.0 Å². The summed E-state index contributed by atoms with van der Waals surface area (Å²) < 4.78 is 10.5. The lowest BCUT2D eigenvalue weighted by atomic mass is 10.1. The number of urea groups is 1. The summed E-state index contributed by atoms with van der Waals surface area (Å²) in [6, 6.07) is 6.86. The lowest BCUT2D eigenvalue weighted by Gasteiger charge is -2.07. The molecule has 2 aromatic rings. The van der Waals surface area contributed by atoms with E-state index in [4.69, 9.17) is 9.47 Å². The van der Waals surface area contributed by atoms with Crippen LogP contribution < -0.4 is 15.5 Å². The minimum absolute atomic E-state index is 0.293. The van der Waals surface area contributed by atoms with Crippen molar-refractivity contribution in [3.05, 3.63) is 45.8 Å². The van der Waals surface area contributed by atoms with Crippen molar-refractivity contribution in [3.8, 4) is 5.75 Å². The average molecular weight is 401 g/mol. The second kappa shape index (κ2) is 9.36. The molecule has 2 N–H and O–H groups in total. The fourth-order valence-corrected chi connectivity index (χ4v) is 4.30. The van der Waals surface area contributed by atoms with E-state index >= 15 is 0 Å². The van der Waals surface area contributed by atoms with Gasteiger partial charge in [0.05, 0.1) is 25.0 Å². The highest BCUT2D eigenvalue weighted by Gasteiger charge is 2.28. The minimum Gasteiger partial charge on any atom is -0.494 e. The summed E-state index contributed by atoms with van der Waals surface area (Å²) in [5.41, 5.74) is 4.72. The highest BCUT2D eigenvalue weighted by Crippen LogP contribution is 2.39. The topological polar surface area (TPSA) is 89.0 Å². The number of anilines is 1. The Kier molecular flexibility index (Phi) is 6.65. The van der Waals surface area contributed by atoms with Gasteiger partial charge in [0.15, 0.2) is 0 Å². The Balaban J connectivity index is 1.62. The first-order valence-electron chi connectivity index (χ1n) is 9.27. The Labute approximate surface area is 167 Å². The Morgan fingerprint density at radius 1 is 1.18 bits per heavy atom. The van der Waals surface area contributed by atoms with Crippen molar-refractivity contribution in [1.82, 2.24) is 5.43 Å². The van der Waals surface area contributed by atoms with Crippen molar-refractivity contribution >= 4 is 34.6 Å². The first-order chi connectivity index (χ1) is 13.6. The molecule has 148 valence electrons. The molecule has 0 bridgehead atoms. The van der Waals surface area contributed by atoms with Crippen LogP contribution in [0.3, 0.4) is 0 Å². The molecule has 0 unspecified atom stereocenters. The Morgan fingerprint density at radius 2 is 1.96 bits per heavy atom. The number of ether oxygens (including phenoxy) is 2. The number of carbonyl (C=O) groups excluding carboxylic acids is 2. The van der Waals surface area contributed by atoms with Crippen LogP contribution in [0, 0.1) is 0 Å². The Bertz CT molecular complexity index is 874. The summed E-state index contributed by atoms with van der Waals surface area (Å²) in [5, 5.41) is 7.18. The zero-order chi connectivity index (χ0) is 19.9. The monoisotopic (exact) mass is 401 g/mol. The van der Waals surface area contributed by atoms with Gasteiger partial charge in [0.1, 0.15) is 10.8 Å². The SMILES string of the molecule is CCOC(=O)c1c(NC(=O)NN=Cc2ccc(OCC)cc2)sc2c1CCC2. The molecule has 1 aromatic carbocycles. The first kappa shape index (κ1) is 19.9. The third-order valence-corrected chi connectivity index (χ3v) is 5.41. The number of benzene rings is 1. The average Bonchev–Trinajstić information content (AvgIpc) is 3.24. The molecule has 1 heterocycles. The number of fused-ring (bicyclic) bond motifs is 1. The maximum absolute atomic E-state index is 12.3.